The summed E-state index contributed by atoms with van der Waals surface area (Å²) in [4.78, 5) is 11.8. The van der Waals surface area contributed by atoms with Crippen molar-refractivity contribution in [1.29, 1.82) is 0 Å². The lowest BCUT2D eigenvalue weighted by Crippen LogP contribution is -2.34. The maximum atomic E-state index is 11.8. The number of aryl methyl sites for hydroxylation is 1. The first-order chi connectivity index (χ1) is 7.25. The van der Waals surface area contributed by atoms with Crippen molar-refractivity contribution in [2.75, 3.05) is 18.4 Å². The second kappa shape index (κ2) is 4.44. The van der Waals surface area contributed by atoms with Crippen molar-refractivity contribution in [2.24, 2.45) is 5.92 Å². The Hall–Kier alpha value is -1.36. The number of carbonyl (C=O) groups is 1. The quantitative estimate of drug-likeness (QED) is 0.760. The molecule has 1 saturated heterocycles. The lowest BCUT2D eigenvalue weighted by atomic mass is 9.97. The Morgan fingerprint density at radius 3 is 2.93 bits per heavy atom. The summed E-state index contributed by atoms with van der Waals surface area (Å²) in [5, 5.41) is 9.67. The molecule has 2 heterocycles. The Morgan fingerprint density at radius 1 is 1.60 bits per heavy atom. The maximum absolute atomic E-state index is 11.8. The lowest BCUT2D eigenvalue weighted by molar-refractivity contribution is -0.120. The molecule has 5 heteroatoms. The standard InChI is InChI=1S/C10H15N3O2/c1-7-6-9(15-13-7)12-10(14)8-2-4-11-5-3-8/h6,8,11H,2-5H2,1H3,(H,12,14). The first-order valence-electron chi connectivity index (χ1n) is 5.20. The molecule has 1 aliphatic rings. The van der Waals surface area contributed by atoms with E-state index in [0.717, 1.165) is 31.6 Å². The normalized spacial score (nSPS) is 17.7. The van der Waals surface area contributed by atoms with Crippen LogP contribution in [-0.2, 0) is 4.79 Å². The molecule has 5 nitrogen and oxygen atoms in total. The van der Waals surface area contributed by atoms with E-state index in [4.69, 9.17) is 4.52 Å². The lowest BCUT2D eigenvalue weighted by Gasteiger charge is -2.20. The SMILES string of the molecule is Cc1cc(NC(=O)C2CCNCC2)on1. The number of carbonyl (C=O) groups excluding carboxylic acids is 1. The van der Waals surface area contributed by atoms with Crippen LogP contribution in [0.25, 0.3) is 0 Å². The number of amides is 1. The molecule has 1 aromatic rings. The van der Waals surface area contributed by atoms with Crippen molar-refractivity contribution in [3.63, 3.8) is 0 Å². The van der Waals surface area contributed by atoms with Gasteiger partial charge in [0.2, 0.25) is 11.8 Å². The molecule has 0 radical (unpaired) electrons. The van der Waals surface area contributed by atoms with E-state index in [0.29, 0.717) is 5.88 Å². The van der Waals surface area contributed by atoms with Gasteiger partial charge in [0, 0.05) is 12.0 Å². The summed E-state index contributed by atoms with van der Waals surface area (Å²) in [7, 11) is 0. The van der Waals surface area contributed by atoms with Crippen LogP contribution in [0.3, 0.4) is 0 Å². The Bertz CT molecular complexity index is 342. The number of anilines is 1. The van der Waals surface area contributed by atoms with Gasteiger partial charge >= 0.3 is 0 Å². The minimum absolute atomic E-state index is 0.0349. The van der Waals surface area contributed by atoms with E-state index in [1.54, 1.807) is 6.07 Å². The van der Waals surface area contributed by atoms with Crippen molar-refractivity contribution in [3.8, 4) is 0 Å². The van der Waals surface area contributed by atoms with Crippen molar-refractivity contribution in [1.82, 2.24) is 10.5 Å². The zero-order chi connectivity index (χ0) is 10.7. The summed E-state index contributed by atoms with van der Waals surface area (Å²) in [6, 6.07) is 1.72. The van der Waals surface area contributed by atoms with Crippen LogP contribution in [0.1, 0.15) is 18.5 Å². The monoisotopic (exact) mass is 209 g/mol. The van der Waals surface area contributed by atoms with Crippen LogP contribution in [0.5, 0.6) is 0 Å². The first kappa shape index (κ1) is 10.2. The highest BCUT2D eigenvalue weighted by Gasteiger charge is 2.21. The summed E-state index contributed by atoms with van der Waals surface area (Å²) >= 11 is 0. The van der Waals surface area contributed by atoms with Gasteiger partial charge in [-0.15, -0.1) is 0 Å². The largest absolute Gasteiger partial charge is 0.338 e. The van der Waals surface area contributed by atoms with Crippen molar-refractivity contribution >= 4 is 11.8 Å². The fourth-order valence-corrected chi connectivity index (χ4v) is 1.73. The molecule has 1 aromatic heterocycles. The molecule has 0 unspecified atom stereocenters. The minimum atomic E-state index is 0.0349. The van der Waals surface area contributed by atoms with Crippen molar-refractivity contribution in [2.45, 2.75) is 19.8 Å². The van der Waals surface area contributed by atoms with Crippen LogP contribution in [0.2, 0.25) is 0 Å². The number of hydrogen-bond donors (Lipinski definition) is 2. The number of piperidine rings is 1. The average molecular weight is 209 g/mol. The third kappa shape index (κ3) is 2.56. The molecule has 2 N–H and O–H groups in total. The number of nitrogens with zero attached hydrogens (tertiary/aromatic N) is 1. The number of aromatic nitrogens is 1. The van der Waals surface area contributed by atoms with Crippen molar-refractivity contribution in [3.05, 3.63) is 11.8 Å². The van der Waals surface area contributed by atoms with Crippen LogP contribution in [-0.4, -0.2) is 24.2 Å². The molecule has 0 bridgehead atoms. The third-order valence-electron chi connectivity index (χ3n) is 2.58. The van der Waals surface area contributed by atoms with Gasteiger partial charge in [0.05, 0.1) is 5.69 Å². The highest BCUT2D eigenvalue weighted by atomic mass is 16.5. The van der Waals surface area contributed by atoms with Gasteiger partial charge in [0.25, 0.3) is 0 Å². The van der Waals surface area contributed by atoms with E-state index in [-0.39, 0.29) is 11.8 Å². The van der Waals surface area contributed by atoms with Gasteiger partial charge in [-0.1, -0.05) is 5.16 Å². The molecule has 0 atom stereocenters. The fourth-order valence-electron chi connectivity index (χ4n) is 1.73. The second-order valence-corrected chi connectivity index (χ2v) is 3.85. The summed E-state index contributed by atoms with van der Waals surface area (Å²) in [5.74, 6) is 0.570. The number of rotatable bonds is 2. The zero-order valence-corrected chi connectivity index (χ0v) is 8.75. The molecule has 1 amide bonds. The smallest absolute Gasteiger partial charge is 0.231 e. The van der Waals surface area contributed by atoms with Gasteiger partial charge < -0.3 is 9.84 Å². The molecule has 0 saturated carbocycles. The molecular weight excluding hydrogens is 194 g/mol. The van der Waals surface area contributed by atoms with Gasteiger partial charge in [0.15, 0.2) is 0 Å². The van der Waals surface area contributed by atoms with E-state index in [1.807, 2.05) is 6.92 Å². The predicted octanol–water partition coefficient (Wildman–Crippen LogP) is 0.921. The number of nitrogens with one attached hydrogen (secondary N) is 2. The summed E-state index contributed by atoms with van der Waals surface area (Å²) in [6.07, 6.45) is 1.78. The van der Waals surface area contributed by atoms with E-state index >= 15 is 0 Å². The van der Waals surface area contributed by atoms with Gasteiger partial charge in [0.1, 0.15) is 0 Å². The van der Waals surface area contributed by atoms with Gasteiger partial charge in [-0.25, -0.2) is 0 Å². The molecule has 0 aromatic carbocycles. The van der Waals surface area contributed by atoms with E-state index < -0.39 is 0 Å². The first-order valence-corrected chi connectivity index (χ1v) is 5.20. The molecular formula is C10H15N3O2. The number of hydrogen-bond acceptors (Lipinski definition) is 4. The van der Waals surface area contributed by atoms with Gasteiger partial charge in [-0.3, -0.25) is 10.1 Å². The Kier molecular flexibility index (Phi) is 3.01. The van der Waals surface area contributed by atoms with E-state index in [1.165, 1.54) is 0 Å². The van der Waals surface area contributed by atoms with E-state index in [9.17, 15) is 4.79 Å². The van der Waals surface area contributed by atoms with Crippen LogP contribution in [0.15, 0.2) is 10.6 Å². The summed E-state index contributed by atoms with van der Waals surface area (Å²) in [6.45, 7) is 3.64. The Labute approximate surface area is 88.2 Å². The highest BCUT2D eigenvalue weighted by Crippen LogP contribution is 2.15. The molecule has 0 spiro atoms. The Morgan fingerprint density at radius 2 is 2.33 bits per heavy atom. The van der Waals surface area contributed by atoms with Crippen LogP contribution >= 0.6 is 0 Å². The van der Waals surface area contributed by atoms with Gasteiger partial charge in [-0.2, -0.15) is 0 Å². The molecule has 15 heavy (non-hydrogen) atoms. The van der Waals surface area contributed by atoms with Crippen LogP contribution < -0.4 is 10.6 Å². The average Bonchev–Trinajstić information content (AvgIpc) is 2.65. The molecule has 1 aliphatic heterocycles. The fraction of sp³-hybridized carbons (Fsp3) is 0.600. The third-order valence-corrected chi connectivity index (χ3v) is 2.58. The predicted molar refractivity (Wildman–Crippen MR) is 55.5 cm³/mol. The zero-order valence-electron chi connectivity index (χ0n) is 8.75. The molecule has 82 valence electrons. The molecule has 0 aliphatic carbocycles. The topological polar surface area (TPSA) is 67.2 Å². The second-order valence-electron chi connectivity index (χ2n) is 3.85. The molecule has 1 fully saturated rings. The minimum Gasteiger partial charge on any atom is -0.338 e. The highest BCUT2D eigenvalue weighted by molar-refractivity contribution is 5.91. The van der Waals surface area contributed by atoms with Gasteiger partial charge in [-0.05, 0) is 32.9 Å². The summed E-state index contributed by atoms with van der Waals surface area (Å²) < 4.78 is 4.93. The van der Waals surface area contributed by atoms with Crippen LogP contribution in [0, 0.1) is 12.8 Å². The maximum Gasteiger partial charge on any atom is 0.231 e. The molecule has 2 rings (SSSR count). The van der Waals surface area contributed by atoms with E-state index in [2.05, 4.69) is 15.8 Å². The van der Waals surface area contributed by atoms with Crippen molar-refractivity contribution < 1.29 is 9.32 Å². The van der Waals surface area contributed by atoms with Crippen LogP contribution in [0.4, 0.5) is 5.88 Å². The Balaban J connectivity index is 1.91. The summed E-state index contributed by atoms with van der Waals surface area (Å²) in [5.41, 5.74) is 0.774.